The zero-order chi connectivity index (χ0) is 34.9. The van der Waals surface area contributed by atoms with Crippen LogP contribution in [-0.2, 0) is 9.53 Å². The number of aryl methyl sites for hydroxylation is 1. The van der Waals surface area contributed by atoms with Crippen LogP contribution in [0.25, 0.3) is 27.8 Å². The lowest BCUT2D eigenvalue weighted by molar-refractivity contribution is -0.139. The number of benzene rings is 5. The number of carboxylic acids is 1. The van der Waals surface area contributed by atoms with E-state index in [0.717, 1.165) is 55.2 Å². The second kappa shape index (κ2) is 16.1. The minimum atomic E-state index is -1.02. The zero-order valence-electron chi connectivity index (χ0n) is 28.0. The molecular weight excluding hydrogens is 633 g/mol. The highest BCUT2D eigenvalue weighted by Gasteiger charge is 2.16. The summed E-state index contributed by atoms with van der Waals surface area (Å²) in [6.45, 7) is 7.10. The van der Waals surface area contributed by atoms with Gasteiger partial charge in [-0.3, -0.25) is 9.59 Å². The van der Waals surface area contributed by atoms with Crippen LogP contribution in [0.15, 0.2) is 126 Å². The number of carbonyl (C=O) groups excluding carboxylic acids is 2. The van der Waals surface area contributed by atoms with E-state index in [9.17, 15) is 14.4 Å². The molecule has 0 unspecified atom stereocenters. The Kier molecular flexibility index (Phi) is 11.5. The number of hydrogen-bond acceptors (Lipinski definition) is 6. The molecule has 0 atom stereocenters. The maximum Gasteiger partial charge on any atom is 0.341 e. The SMILES string of the molecule is CCOC(CSc1ccc(OCC(=O)O)c(C)c1)=C(c1ccc(-c2ccc(C(C)=O)cc2)cc1)c1ccc(-c2ccc(C(C)=O)cc2)cc1. The molecule has 0 saturated heterocycles. The van der Waals surface area contributed by atoms with E-state index in [-0.39, 0.29) is 18.2 Å². The molecule has 0 aliphatic carbocycles. The Hall–Kier alpha value is -5.40. The lowest BCUT2D eigenvalue weighted by Crippen LogP contribution is -2.10. The summed E-state index contributed by atoms with van der Waals surface area (Å²) < 4.78 is 11.8. The molecule has 5 aromatic rings. The topological polar surface area (TPSA) is 89.9 Å². The molecule has 0 heterocycles. The lowest BCUT2D eigenvalue weighted by Gasteiger charge is -2.18. The average Bonchev–Trinajstić information content (AvgIpc) is 3.11. The van der Waals surface area contributed by atoms with Crippen molar-refractivity contribution in [3.63, 3.8) is 0 Å². The second-order valence-electron chi connectivity index (χ2n) is 11.6. The summed E-state index contributed by atoms with van der Waals surface area (Å²) in [4.78, 5) is 35.5. The average molecular weight is 671 g/mol. The number of Topliss-reactive ketones (excluding diaryl/α,β-unsaturated/α-hetero) is 2. The fraction of sp³-hybridized carbons (Fsp3) is 0.167. The molecule has 7 heteroatoms. The molecule has 0 fully saturated rings. The Labute approximate surface area is 291 Å². The molecule has 248 valence electrons. The van der Waals surface area contributed by atoms with Gasteiger partial charge in [0, 0.05) is 21.6 Å². The Morgan fingerprint density at radius 3 is 1.43 bits per heavy atom. The van der Waals surface area contributed by atoms with Crippen molar-refractivity contribution in [3.05, 3.63) is 149 Å². The summed E-state index contributed by atoms with van der Waals surface area (Å²) in [5.74, 6) is 0.980. The van der Waals surface area contributed by atoms with Gasteiger partial charge in [0.1, 0.15) is 11.5 Å². The molecule has 0 amide bonds. The minimum absolute atomic E-state index is 0.0368. The number of thioether (sulfide) groups is 1. The molecule has 49 heavy (non-hydrogen) atoms. The van der Waals surface area contributed by atoms with Gasteiger partial charge < -0.3 is 14.6 Å². The number of carbonyl (C=O) groups is 3. The summed E-state index contributed by atoms with van der Waals surface area (Å²) in [7, 11) is 0. The number of ether oxygens (including phenoxy) is 2. The van der Waals surface area contributed by atoms with Crippen molar-refractivity contribution in [2.75, 3.05) is 19.0 Å². The summed E-state index contributed by atoms with van der Waals surface area (Å²) in [6, 6.07) is 37.7. The predicted octanol–water partition coefficient (Wildman–Crippen LogP) is 9.79. The van der Waals surface area contributed by atoms with Gasteiger partial charge in [-0.1, -0.05) is 97.1 Å². The Morgan fingerprint density at radius 1 is 0.633 bits per heavy atom. The third kappa shape index (κ3) is 8.95. The normalized spacial score (nSPS) is 10.7. The fourth-order valence-electron chi connectivity index (χ4n) is 5.46. The van der Waals surface area contributed by atoms with Gasteiger partial charge in [-0.15, -0.1) is 11.8 Å². The first-order chi connectivity index (χ1) is 23.6. The highest BCUT2D eigenvalue weighted by atomic mass is 32.2. The highest BCUT2D eigenvalue weighted by molar-refractivity contribution is 7.99. The van der Waals surface area contributed by atoms with Crippen LogP contribution < -0.4 is 4.74 Å². The number of aliphatic carboxylic acids is 1. The van der Waals surface area contributed by atoms with E-state index < -0.39 is 5.97 Å². The van der Waals surface area contributed by atoms with Gasteiger partial charge in [-0.2, -0.15) is 0 Å². The van der Waals surface area contributed by atoms with E-state index in [1.807, 2.05) is 74.5 Å². The van der Waals surface area contributed by atoms with Gasteiger partial charge in [0.25, 0.3) is 0 Å². The van der Waals surface area contributed by atoms with Crippen molar-refractivity contribution in [1.82, 2.24) is 0 Å². The first-order valence-corrected chi connectivity index (χ1v) is 17.0. The van der Waals surface area contributed by atoms with E-state index in [0.29, 0.717) is 29.2 Å². The second-order valence-corrected chi connectivity index (χ2v) is 12.6. The van der Waals surface area contributed by atoms with Crippen molar-refractivity contribution in [3.8, 4) is 28.0 Å². The van der Waals surface area contributed by atoms with Gasteiger partial charge in [-0.05, 0) is 84.8 Å². The number of hydrogen-bond donors (Lipinski definition) is 1. The van der Waals surface area contributed by atoms with Crippen LogP contribution in [0.4, 0.5) is 0 Å². The molecule has 0 saturated carbocycles. The summed E-state index contributed by atoms with van der Waals surface area (Å²) >= 11 is 1.63. The van der Waals surface area contributed by atoms with Gasteiger partial charge in [0.05, 0.1) is 12.4 Å². The third-order valence-corrected chi connectivity index (χ3v) is 9.06. The fourth-order valence-corrected chi connectivity index (χ4v) is 6.41. The van der Waals surface area contributed by atoms with Crippen molar-refractivity contribution < 1.29 is 29.0 Å². The molecule has 1 N–H and O–H groups in total. The van der Waals surface area contributed by atoms with E-state index in [1.165, 1.54) is 0 Å². The smallest absolute Gasteiger partial charge is 0.341 e. The molecule has 0 bridgehead atoms. The van der Waals surface area contributed by atoms with Crippen molar-refractivity contribution in [2.45, 2.75) is 32.6 Å². The first kappa shape index (κ1) is 34.9. The standard InChI is InChI=1S/C42H38O6S/c1-5-47-40(26-49-38-22-23-39(27(2)24-38)48-25-41(45)46)42(36-18-14-34(15-19-36)32-10-6-30(7-11-32)28(3)43)37-20-16-35(17-21-37)33-12-8-31(9-13-33)29(4)44/h6-24H,5,25-26H2,1-4H3,(H,45,46). The molecular formula is C42H38O6S. The molecule has 0 aliphatic rings. The van der Waals surface area contributed by atoms with Crippen LogP contribution in [-0.4, -0.2) is 41.6 Å². The van der Waals surface area contributed by atoms with E-state index in [1.54, 1.807) is 31.7 Å². The van der Waals surface area contributed by atoms with Crippen LogP contribution in [0, 0.1) is 6.92 Å². The monoisotopic (exact) mass is 670 g/mol. The van der Waals surface area contributed by atoms with E-state index in [4.69, 9.17) is 14.6 Å². The molecule has 0 aliphatic heterocycles. The number of ketones is 2. The highest BCUT2D eigenvalue weighted by Crippen LogP contribution is 2.35. The van der Waals surface area contributed by atoms with Crippen molar-refractivity contribution >= 4 is 34.9 Å². The molecule has 0 aromatic heterocycles. The molecule has 0 radical (unpaired) electrons. The Bertz CT molecular complexity index is 1870. The lowest BCUT2D eigenvalue weighted by atomic mass is 9.93. The minimum Gasteiger partial charge on any atom is -0.497 e. The van der Waals surface area contributed by atoms with Crippen LogP contribution in [0.3, 0.4) is 0 Å². The van der Waals surface area contributed by atoms with Crippen LogP contribution >= 0.6 is 11.8 Å². The van der Waals surface area contributed by atoms with Gasteiger partial charge in [0.2, 0.25) is 0 Å². The van der Waals surface area contributed by atoms with Crippen LogP contribution in [0.2, 0.25) is 0 Å². The Morgan fingerprint density at radius 2 is 1.06 bits per heavy atom. The van der Waals surface area contributed by atoms with Crippen molar-refractivity contribution in [1.29, 1.82) is 0 Å². The predicted molar refractivity (Wildman–Crippen MR) is 196 cm³/mol. The molecule has 5 rings (SSSR count). The summed E-state index contributed by atoms with van der Waals surface area (Å²) in [5, 5.41) is 8.99. The third-order valence-electron chi connectivity index (χ3n) is 8.06. The van der Waals surface area contributed by atoms with Gasteiger partial charge in [0.15, 0.2) is 18.2 Å². The first-order valence-electron chi connectivity index (χ1n) is 16.0. The van der Waals surface area contributed by atoms with Gasteiger partial charge >= 0.3 is 5.97 Å². The maximum absolute atomic E-state index is 11.8. The van der Waals surface area contributed by atoms with E-state index >= 15 is 0 Å². The van der Waals surface area contributed by atoms with E-state index in [2.05, 4.69) is 48.5 Å². The van der Waals surface area contributed by atoms with Crippen molar-refractivity contribution in [2.24, 2.45) is 0 Å². The largest absolute Gasteiger partial charge is 0.497 e. The van der Waals surface area contributed by atoms with Crippen LogP contribution in [0.1, 0.15) is 58.2 Å². The molecule has 6 nitrogen and oxygen atoms in total. The zero-order valence-corrected chi connectivity index (χ0v) is 28.8. The number of carboxylic acid groups (broad SMARTS) is 1. The number of rotatable bonds is 14. The summed E-state index contributed by atoms with van der Waals surface area (Å²) in [5.41, 5.74) is 9.31. The summed E-state index contributed by atoms with van der Waals surface area (Å²) in [6.07, 6.45) is 0. The molecule has 0 spiro atoms. The maximum atomic E-state index is 11.8. The van der Waals surface area contributed by atoms with Crippen LogP contribution in [0.5, 0.6) is 5.75 Å². The Balaban J connectivity index is 1.50. The van der Waals surface area contributed by atoms with Gasteiger partial charge in [-0.25, -0.2) is 4.79 Å². The quantitative estimate of drug-likeness (QED) is 0.0715. The molecule has 5 aromatic carbocycles.